The van der Waals surface area contributed by atoms with Gasteiger partial charge in [0.1, 0.15) is 5.56 Å². The molecular weight excluding hydrogens is 312 g/mol. The SMILES string of the molecule is C#Cc1c(N2CCC(C)(OC)CC2)c2cc(CC)c(C)cc2[nH]c1=O. The highest BCUT2D eigenvalue weighted by molar-refractivity contribution is 5.95. The highest BCUT2D eigenvalue weighted by Crippen LogP contribution is 2.34. The van der Waals surface area contributed by atoms with Crippen molar-refractivity contribution >= 4 is 16.6 Å². The third kappa shape index (κ3) is 3.05. The number of rotatable bonds is 3. The van der Waals surface area contributed by atoms with E-state index in [0.717, 1.165) is 48.9 Å². The van der Waals surface area contributed by atoms with E-state index in [1.165, 1.54) is 11.1 Å². The quantitative estimate of drug-likeness (QED) is 0.873. The first-order chi connectivity index (χ1) is 11.9. The fourth-order valence-corrected chi connectivity index (χ4v) is 3.73. The smallest absolute Gasteiger partial charge is 0.266 e. The lowest BCUT2D eigenvalue weighted by Crippen LogP contribution is -2.44. The van der Waals surface area contributed by atoms with E-state index in [4.69, 9.17) is 11.2 Å². The van der Waals surface area contributed by atoms with Gasteiger partial charge in [-0.2, -0.15) is 0 Å². The van der Waals surface area contributed by atoms with Gasteiger partial charge in [0.2, 0.25) is 0 Å². The molecule has 1 fully saturated rings. The number of methoxy groups -OCH3 is 1. The maximum absolute atomic E-state index is 12.5. The van der Waals surface area contributed by atoms with Crippen molar-refractivity contribution in [2.45, 2.75) is 45.6 Å². The summed E-state index contributed by atoms with van der Waals surface area (Å²) in [5.41, 5.74) is 4.36. The van der Waals surface area contributed by atoms with Crippen molar-refractivity contribution in [3.63, 3.8) is 0 Å². The number of terminal acetylenes is 1. The Morgan fingerprint density at radius 1 is 1.36 bits per heavy atom. The van der Waals surface area contributed by atoms with Crippen LogP contribution in [0.25, 0.3) is 10.9 Å². The molecule has 0 unspecified atom stereocenters. The summed E-state index contributed by atoms with van der Waals surface area (Å²) in [6, 6.07) is 4.24. The maximum atomic E-state index is 12.5. The highest BCUT2D eigenvalue weighted by atomic mass is 16.5. The van der Waals surface area contributed by atoms with Crippen LogP contribution in [-0.4, -0.2) is 30.8 Å². The number of aromatic nitrogens is 1. The van der Waals surface area contributed by atoms with Gasteiger partial charge in [-0.1, -0.05) is 12.8 Å². The van der Waals surface area contributed by atoms with E-state index in [2.05, 4.69) is 48.7 Å². The Hall–Kier alpha value is -2.25. The van der Waals surface area contributed by atoms with Gasteiger partial charge in [0.25, 0.3) is 5.56 Å². The van der Waals surface area contributed by atoms with Crippen molar-refractivity contribution < 1.29 is 4.74 Å². The van der Waals surface area contributed by atoms with E-state index in [1.54, 1.807) is 7.11 Å². The summed E-state index contributed by atoms with van der Waals surface area (Å²) in [5, 5.41) is 1.04. The van der Waals surface area contributed by atoms with Crippen molar-refractivity contribution in [3.8, 4) is 12.3 Å². The summed E-state index contributed by atoms with van der Waals surface area (Å²) >= 11 is 0. The molecule has 1 saturated heterocycles. The molecule has 0 aliphatic carbocycles. The summed E-state index contributed by atoms with van der Waals surface area (Å²) in [4.78, 5) is 17.7. The molecule has 0 amide bonds. The first-order valence-electron chi connectivity index (χ1n) is 8.88. The minimum Gasteiger partial charge on any atom is -0.378 e. The second-order valence-electron chi connectivity index (χ2n) is 7.14. The molecule has 25 heavy (non-hydrogen) atoms. The van der Waals surface area contributed by atoms with Crippen LogP contribution >= 0.6 is 0 Å². The molecule has 1 aromatic carbocycles. The number of anilines is 1. The van der Waals surface area contributed by atoms with E-state index in [9.17, 15) is 4.79 Å². The molecule has 0 radical (unpaired) electrons. The number of piperidine rings is 1. The lowest BCUT2D eigenvalue weighted by molar-refractivity contribution is -0.0132. The molecule has 1 N–H and O–H groups in total. The van der Waals surface area contributed by atoms with Gasteiger partial charge in [-0.05, 0) is 56.4 Å². The second kappa shape index (κ2) is 6.57. The van der Waals surface area contributed by atoms with Crippen molar-refractivity contribution in [3.05, 3.63) is 39.2 Å². The van der Waals surface area contributed by atoms with Gasteiger partial charge in [0.05, 0.1) is 16.8 Å². The molecule has 132 valence electrons. The Kier molecular flexibility index (Phi) is 4.62. The lowest BCUT2D eigenvalue weighted by atomic mass is 9.92. The number of fused-ring (bicyclic) bond motifs is 1. The van der Waals surface area contributed by atoms with Gasteiger partial charge >= 0.3 is 0 Å². The van der Waals surface area contributed by atoms with Crippen LogP contribution in [0, 0.1) is 19.3 Å². The number of H-pyrrole nitrogens is 1. The first kappa shape index (κ1) is 17.6. The molecule has 1 aromatic heterocycles. The normalized spacial score (nSPS) is 16.8. The second-order valence-corrected chi connectivity index (χ2v) is 7.14. The zero-order chi connectivity index (χ0) is 18.2. The van der Waals surface area contributed by atoms with Crippen molar-refractivity contribution in [1.29, 1.82) is 0 Å². The van der Waals surface area contributed by atoms with Crippen LogP contribution in [0.1, 0.15) is 43.4 Å². The Morgan fingerprint density at radius 2 is 2.04 bits per heavy atom. The van der Waals surface area contributed by atoms with Crippen molar-refractivity contribution in [2.24, 2.45) is 0 Å². The Bertz CT molecular complexity index is 897. The fraction of sp³-hybridized carbons (Fsp3) is 0.476. The zero-order valence-electron chi connectivity index (χ0n) is 15.5. The summed E-state index contributed by atoms with van der Waals surface area (Å²) in [5.74, 6) is 2.62. The topological polar surface area (TPSA) is 45.3 Å². The number of nitrogens with one attached hydrogen (secondary N) is 1. The Labute approximate surface area is 149 Å². The number of benzene rings is 1. The van der Waals surface area contributed by atoms with Crippen LogP contribution in [0.15, 0.2) is 16.9 Å². The van der Waals surface area contributed by atoms with E-state index in [-0.39, 0.29) is 11.2 Å². The number of aromatic amines is 1. The fourth-order valence-electron chi connectivity index (χ4n) is 3.73. The van der Waals surface area contributed by atoms with Gasteiger partial charge in [0, 0.05) is 25.6 Å². The molecule has 4 heteroatoms. The molecule has 0 spiro atoms. The minimum absolute atomic E-state index is 0.102. The highest BCUT2D eigenvalue weighted by Gasteiger charge is 2.31. The summed E-state index contributed by atoms with van der Waals surface area (Å²) < 4.78 is 5.65. The van der Waals surface area contributed by atoms with E-state index >= 15 is 0 Å². The average Bonchev–Trinajstić information content (AvgIpc) is 2.61. The lowest BCUT2D eigenvalue weighted by Gasteiger charge is -2.40. The van der Waals surface area contributed by atoms with Gasteiger partial charge in [-0.25, -0.2) is 0 Å². The molecule has 1 aliphatic heterocycles. The number of aryl methyl sites for hydroxylation is 2. The molecule has 2 heterocycles. The van der Waals surface area contributed by atoms with Gasteiger partial charge in [-0.15, -0.1) is 6.42 Å². The molecule has 0 bridgehead atoms. The van der Waals surface area contributed by atoms with Crippen LogP contribution in [-0.2, 0) is 11.2 Å². The van der Waals surface area contributed by atoms with Crippen LogP contribution in [0.5, 0.6) is 0 Å². The predicted octanol–water partition coefficient (Wildman–Crippen LogP) is 3.39. The summed E-state index contributed by atoms with van der Waals surface area (Å²) in [6.45, 7) is 8.02. The van der Waals surface area contributed by atoms with Crippen molar-refractivity contribution in [2.75, 3.05) is 25.1 Å². The number of hydrogen-bond donors (Lipinski definition) is 1. The van der Waals surface area contributed by atoms with E-state index in [0.29, 0.717) is 5.56 Å². The summed E-state index contributed by atoms with van der Waals surface area (Å²) in [6.07, 6.45) is 8.48. The average molecular weight is 338 g/mol. The molecule has 2 aromatic rings. The number of pyridine rings is 1. The molecule has 0 atom stereocenters. The summed E-state index contributed by atoms with van der Waals surface area (Å²) in [7, 11) is 1.77. The predicted molar refractivity (Wildman–Crippen MR) is 103 cm³/mol. The minimum atomic E-state index is -0.186. The third-order valence-electron chi connectivity index (χ3n) is 5.60. The van der Waals surface area contributed by atoms with Crippen molar-refractivity contribution in [1.82, 2.24) is 4.98 Å². The molecular formula is C21H26N2O2. The van der Waals surface area contributed by atoms with Gasteiger partial charge in [0.15, 0.2) is 0 Å². The van der Waals surface area contributed by atoms with Crippen LogP contribution in [0.4, 0.5) is 5.69 Å². The number of nitrogens with zero attached hydrogens (tertiary/aromatic N) is 1. The monoisotopic (exact) mass is 338 g/mol. The molecule has 0 saturated carbocycles. The van der Waals surface area contributed by atoms with E-state index in [1.807, 2.05) is 0 Å². The van der Waals surface area contributed by atoms with Gasteiger partial charge in [-0.3, -0.25) is 4.79 Å². The number of hydrogen-bond acceptors (Lipinski definition) is 3. The van der Waals surface area contributed by atoms with Gasteiger partial charge < -0.3 is 14.6 Å². The van der Waals surface area contributed by atoms with Crippen LogP contribution in [0.2, 0.25) is 0 Å². The standard InChI is InChI=1S/C21H26N2O2/c1-6-15-13-17-18(12-14(15)3)22-20(24)16(7-2)19(17)23-10-8-21(4,25-5)9-11-23/h2,12-13H,6,8-11H2,1,3-5H3,(H,22,24). The molecule has 1 aliphatic rings. The Morgan fingerprint density at radius 3 is 2.60 bits per heavy atom. The third-order valence-corrected chi connectivity index (χ3v) is 5.60. The van der Waals surface area contributed by atoms with E-state index < -0.39 is 0 Å². The maximum Gasteiger partial charge on any atom is 0.266 e. The largest absolute Gasteiger partial charge is 0.378 e. The molecule has 4 nitrogen and oxygen atoms in total. The van der Waals surface area contributed by atoms with Crippen LogP contribution in [0.3, 0.4) is 0 Å². The first-order valence-corrected chi connectivity index (χ1v) is 8.88. The Balaban J connectivity index is 2.19. The zero-order valence-corrected chi connectivity index (χ0v) is 15.5. The van der Waals surface area contributed by atoms with Crippen LogP contribution < -0.4 is 10.5 Å². The molecule has 3 rings (SSSR count). The number of ether oxygens (including phenoxy) is 1.